The van der Waals surface area contributed by atoms with Crippen LogP contribution in [0.25, 0.3) is 0 Å². The van der Waals surface area contributed by atoms with E-state index in [2.05, 4.69) is 117 Å². The van der Waals surface area contributed by atoms with Gasteiger partial charge in [0, 0.05) is 0 Å². The molecule has 0 aliphatic heterocycles. The quantitative estimate of drug-likeness (QED) is 0.276. The van der Waals surface area contributed by atoms with Crippen LogP contribution in [0.4, 0.5) is 0 Å². The summed E-state index contributed by atoms with van der Waals surface area (Å²) in [4.78, 5) is 1.16. The number of hydrogen-bond donors (Lipinski definition) is 0. The molecule has 172 valence electrons. The van der Waals surface area contributed by atoms with Gasteiger partial charge in [-0.1, -0.05) is 126 Å². The smallest absolute Gasteiger partial charge is 0.187 e. The lowest BCUT2D eigenvalue weighted by atomic mass is 9.88. The van der Waals surface area contributed by atoms with E-state index in [0.717, 1.165) is 27.1 Å². The molecule has 0 aliphatic carbocycles. The van der Waals surface area contributed by atoms with Crippen molar-refractivity contribution in [2.75, 3.05) is 0 Å². The fraction of sp³-hybridized carbons (Fsp3) is 0.133. The topological polar surface area (TPSA) is 18.5 Å². The molecule has 0 N–H and O–H groups in total. The molecule has 0 atom stereocenters. The molecule has 0 aliphatic rings. The van der Waals surface area contributed by atoms with Gasteiger partial charge in [-0.15, -0.1) is 6.58 Å². The third-order valence-corrected chi connectivity index (χ3v) is 9.91. The zero-order valence-electron chi connectivity index (χ0n) is 20.0. The molecular formula is C30H32O2Si2. The highest BCUT2D eigenvalue weighted by molar-refractivity contribution is 6.63. The summed E-state index contributed by atoms with van der Waals surface area (Å²) >= 11 is 0. The average Bonchev–Trinajstić information content (AvgIpc) is 2.92. The first-order chi connectivity index (χ1) is 16.5. The minimum absolute atomic E-state index is 0.506. The molecule has 34 heavy (non-hydrogen) atoms. The van der Waals surface area contributed by atoms with Gasteiger partial charge in [0.25, 0.3) is 0 Å². The van der Waals surface area contributed by atoms with Crippen molar-refractivity contribution in [2.45, 2.75) is 25.0 Å². The second-order valence-electron chi connectivity index (χ2n) is 8.86. The predicted molar refractivity (Wildman–Crippen MR) is 147 cm³/mol. The maximum atomic E-state index is 6.73. The molecule has 0 amide bonds. The van der Waals surface area contributed by atoms with Crippen LogP contribution in [0.15, 0.2) is 133 Å². The van der Waals surface area contributed by atoms with Gasteiger partial charge in [0.2, 0.25) is 0 Å². The van der Waals surface area contributed by atoms with Crippen LogP contribution >= 0.6 is 0 Å². The Labute approximate surface area is 208 Å². The van der Waals surface area contributed by atoms with Gasteiger partial charge >= 0.3 is 0 Å². The summed E-state index contributed by atoms with van der Waals surface area (Å²) in [6.45, 7) is 8.74. The molecule has 0 bridgehead atoms. The first-order valence-electron chi connectivity index (χ1n) is 11.7. The highest BCUT2D eigenvalue weighted by Crippen LogP contribution is 2.35. The Morgan fingerprint density at radius 2 is 0.735 bits per heavy atom. The van der Waals surface area contributed by atoms with Crippen molar-refractivity contribution < 1.29 is 8.85 Å². The van der Waals surface area contributed by atoms with Gasteiger partial charge in [-0.2, -0.15) is 0 Å². The van der Waals surface area contributed by atoms with Crippen molar-refractivity contribution in [2.24, 2.45) is 0 Å². The second-order valence-corrected chi connectivity index (χ2v) is 13.0. The third kappa shape index (κ3) is 5.37. The molecule has 0 radical (unpaired) electrons. The highest BCUT2D eigenvalue weighted by atomic mass is 28.3. The minimum Gasteiger partial charge on any atom is -0.406 e. The highest BCUT2D eigenvalue weighted by Gasteiger charge is 2.31. The van der Waals surface area contributed by atoms with Gasteiger partial charge in [-0.05, 0) is 36.1 Å². The van der Waals surface area contributed by atoms with E-state index in [1.54, 1.807) is 0 Å². The van der Waals surface area contributed by atoms with E-state index in [4.69, 9.17) is 8.85 Å². The van der Waals surface area contributed by atoms with Crippen molar-refractivity contribution in [1.82, 2.24) is 0 Å². The van der Waals surface area contributed by atoms with Crippen molar-refractivity contribution in [1.29, 1.82) is 0 Å². The molecule has 2 nitrogen and oxygen atoms in total. The van der Waals surface area contributed by atoms with Crippen molar-refractivity contribution in [3.8, 4) is 0 Å². The van der Waals surface area contributed by atoms with Crippen LogP contribution in [0.1, 0.15) is 36.1 Å². The molecule has 0 saturated carbocycles. The van der Waals surface area contributed by atoms with Crippen molar-refractivity contribution in [3.05, 3.63) is 155 Å². The van der Waals surface area contributed by atoms with Gasteiger partial charge in [-0.3, -0.25) is 0 Å². The number of hydrogen-bond acceptors (Lipinski definition) is 2. The fourth-order valence-corrected chi connectivity index (χ4v) is 6.82. The van der Waals surface area contributed by atoms with Crippen LogP contribution in [-0.2, 0) is 20.1 Å². The maximum absolute atomic E-state index is 6.73. The third-order valence-electron chi connectivity index (χ3n) is 6.43. The summed E-state index contributed by atoms with van der Waals surface area (Å²) in [5, 5.41) is 0. The minimum atomic E-state index is -1.04. The average molecular weight is 481 g/mol. The van der Waals surface area contributed by atoms with E-state index < -0.39 is 30.7 Å². The Balaban J connectivity index is 1.51. The summed E-state index contributed by atoms with van der Waals surface area (Å²) in [6.07, 6.45) is 0. The van der Waals surface area contributed by atoms with E-state index >= 15 is 0 Å². The largest absolute Gasteiger partial charge is 0.406 e. The normalized spacial score (nSPS) is 12.5. The summed E-state index contributed by atoms with van der Waals surface area (Å²) in [5.74, 6) is 0. The first-order valence-corrected chi connectivity index (χ1v) is 14.3. The zero-order valence-corrected chi connectivity index (χ0v) is 22.8. The van der Waals surface area contributed by atoms with Gasteiger partial charge in [-0.25, -0.2) is 0 Å². The molecule has 4 heteroatoms. The van der Waals surface area contributed by atoms with Crippen molar-refractivity contribution >= 4 is 19.5 Å². The van der Waals surface area contributed by atoms with Gasteiger partial charge < -0.3 is 8.85 Å². The maximum Gasteiger partial charge on any atom is 0.187 e. The van der Waals surface area contributed by atoms with Gasteiger partial charge in [0.05, 0.1) is 0 Å². The Morgan fingerprint density at radius 3 is 0.971 bits per heavy atom. The molecule has 4 rings (SSSR count). The van der Waals surface area contributed by atoms with E-state index in [9.17, 15) is 0 Å². The molecule has 0 aromatic heterocycles. The van der Waals surface area contributed by atoms with Crippen LogP contribution in [0.2, 0.25) is 0 Å². The molecule has 0 heterocycles. The first kappa shape index (κ1) is 24.1. The lowest BCUT2D eigenvalue weighted by Gasteiger charge is -2.34. The molecule has 0 spiro atoms. The predicted octanol–water partition coefficient (Wildman–Crippen LogP) is 5.59. The Kier molecular flexibility index (Phi) is 7.75. The Morgan fingerprint density at radius 1 is 0.500 bits per heavy atom. The SMILES string of the molecule is C=C([SiH2]OC(C)(c1ccccc1)c1ccccc1)[SiH2]OC(C)(c1ccccc1)c1ccccc1. The molecule has 0 fully saturated rings. The zero-order chi connectivity index (χ0) is 23.9. The van der Waals surface area contributed by atoms with Crippen LogP contribution in [0.5, 0.6) is 0 Å². The van der Waals surface area contributed by atoms with E-state index in [1.165, 1.54) is 0 Å². The van der Waals surface area contributed by atoms with Crippen LogP contribution in [0.3, 0.4) is 0 Å². The van der Waals surface area contributed by atoms with E-state index in [-0.39, 0.29) is 0 Å². The van der Waals surface area contributed by atoms with E-state index in [1.807, 2.05) is 24.3 Å². The van der Waals surface area contributed by atoms with Crippen LogP contribution in [-0.4, -0.2) is 19.5 Å². The van der Waals surface area contributed by atoms with Gasteiger partial charge in [0.15, 0.2) is 19.5 Å². The molecule has 0 saturated heterocycles. The lowest BCUT2D eigenvalue weighted by Crippen LogP contribution is -2.33. The summed E-state index contributed by atoms with van der Waals surface area (Å²) < 4.78 is 13.5. The lowest BCUT2D eigenvalue weighted by molar-refractivity contribution is 0.137. The second kappa shape index (κ2) is 10.9. The molecule has 0 unspecified atom stereocenters. The summed E-state index contributed by atoms with van der Waals surface area (Å²) in [5.41, 5.74) is 3.61. The van der Waals surface area contributed by atoms with Crippen LogP contribution < -0.4 is 0 Å². The molecule has 4 aromatic carbocycles. The summed E-state index contributed by atoms with van der Waals surface area (Å²) in [6, 6.07) is 41.8. The Hall–Kier alpha value is -3.03. The number of rotatable bonds is 10. The molecular weight excluding hydrogens is 449 g/mol. The Bertz CT molecular complexity index is 1010. The standard InChI is InChI=1S/C30H32O2Si2/c1-24(33-31-29(2,25-16-8-4-9-17-25)26-18-10-5-11-19-26)34-32-30(3,27-20-12-6-13-21-27)28-22-14-7-15-23-28/h4-23H,1,33-34H2,2-3H3. The fourth-order valence-electron chi connectivity index (χ4n) is 4.23. The number of benzene rings is 4. The monoisotopic (exact) mass is 480 g/mol. The summed E-state index contributed by atoms with van der Waals surface area (Å²) in [7, 11) is -2.08. The van der Waals surface area contributed by atoms with Crippen LogP contribution in [0, 0.1) is 0 Å². The van der Waals surface area contributed by atoms with Gasteiger partial charge in [0.1, 0.15) is 11.2 Å². The molecule has 4 aromatic rings. The van der Waals surface area contributed by atoms with Crippen molar-refractivity contribution in [3.63, 3.8) is 0 Å². The van der Waals surface area contributed by atoms with E-state index in [0.29, 0.717) is 0 Å².